The normalized spacial score (nSPS) is 16.6. The Kier molecular flexibility index (Phi) is 3.60. The second-order valence-electron chi connectivity index (χ2n) is 5.03. The lowest BCUT2D eigenvalue weighted by atomic mass is 10.2. The molecular formula is C12H16N6O2S. The molecule has 0 radical (unpaired) electrons. The van der Waals surface area contributed by atoms with Crippen molar-refractivity contribution in [1.82, 2.24) is 25.3 Å². The molecule has 21 heavy (non-hydrogen) atoms. The Morgan fingerprint density at radius 1 is 1.33 bits per heavy atom. The van der Waals surface area contributed by atoms with Crippen LogP contribution in [0.3, 0.4) is 0 Å². The van der Waals surface area contributed by atoms with Gasteiger partial charge in [0.1, 0.15) is 4.90 Å². The van der Waals surface area contributed by atoms with Crippen LogP contribution in [0.5, 0.6) is 0 Å². The summed E-state index contributed by atoms with van der Waals surface area (Å²) in [6.45, 7) is 1.84. The van der Waals surface area contributed by atoms with Crippen molar-refractivity contribution in [3.05, 3.63) is 30.1 Å². The molecule has 1 saturated carbocycles. The number of H-pyrrole nitrogens is 1. The molecule has 1 aliphatic carbocycles. The van der Waals surface area contributed by atoms with Gasteiger partial charge in [-0.1, -0.05) is 17.3 Å². The molecule has 3 N–H and O–H groups in total. The minimum absolute atomic E-state index is 0.0673. The Morgan fingerprint density at radius 3 is 2.76 bits per heavy atom. The number of nitrogens with one attached hydrogen (secondary N) is 3. The van der Waals surface area contributed by atoms with Gasteiger partial charge in [0.25, 0.3) is 0 Å². The van der Waals surface area contributed by atoms with Gasteiger partial charge in [0.15, 0.2) is 5.82 Å². The van der Waals surface area contributed by atoms with Crippen LogP contribution in [-0.2, 0) is 10.0 Å². The number of tetrazole rings is 1. The third-order valence-corrected chi connectivity index (χ3v) is 4.78. The average molecular weight is 308 g/mol. The fourth-order valence-corrected chi connectivity index (χ4v) is 3.43. The van der Waals surface area contributed by atoms with E-state index in [4.69, 9.17) is 0 Å². The van der Waals surface area contributed by atoms with Crippen LogP contribution in [-0.4, -0.2) is 35.1 Å². The van der Waals surface area contributed by atoms with Gasteiger partial charge in [-0.2, -0.15) is 5.21 Å². The van der Waals surface area contributed by atoms with Gasteiger partial charge in [0, 0.05) is 6.04 Å². The molecule has 0 bridgehead atoms. The lowest BCUT2D eigenvalue weighted by Crippen LogP contribution is -2.26. The van der Waals surface area contributed by atoms with E-state index in [0.717, 1.165) is 12.8 Å². The molecule has 1 aromatic carbocycles. The quantitative estimate of drug-likeness (QED) is 0.728. The van der Waals surface area contributed by atoms with Gasteiger partial charge in [-0.05, 0) is 31.9 Å². The van der Waals surface area contributed by atoms with Crippen molar-refractivity contribution >= 4 is 15.7 Å². The molecule has 9 heteroatoms. The van der Waals surface area contributed by atoms with E-state index in [-0.39, 0.29) is 17.0 Å². The first-order valence-electron chi connectivity index (χ1n) is 6.67. The highest BCUT2D eigenvalue weighted by Gasteiger charge is 2.29. The van der Waals surface area contributed by atoms with E-state index < -0.39 is 10.0 Å². The average Bonchev–Trinajstić information content (AvgIpc) is 3.08. The standard InChI is InChI=1S/C12H16N6O2S/c1-8(12-14-17-18-15-12)13-10-4-2-3-5-11(10)21(19,20)16-9-6-7-9/h2-5,8-9,13,16H,6-7H2,1H3,(H,14,15,17,18). The number of hydrogen-bond acceptors (Lipinski definition) is 6. The zero-order valence-corrected chi connectivity index (χ0v) is 12.3. The third kappa shape index (κ3) is 3.19. The number of sulfonamides is 1. The minimum atomic E-state index is -3.52. The molecular weight excluding hydrogens is 292 g/mol. The SMILES string of the molecule is CC(Nc1ccccc1S(=O)(=O)NC1CC1)c1nn[nH]n1. The summed E-state index contributed by atoms with van der Waals surface area (Å²) in [6, 6.07) is 6.58. The van der Waals surface area contributed by atoms with Crippen molar-refractivity contribution in [1.29, 1.82) is 0 Å². The van der Waals surface area contributed by atoms with Gasteiger partial charge in [-0.15, -0.1) is 10.2 Å². The molecule has 0 saturated heterocycles. The van der Waals surface area contributed by atoms with Crippen molar-refractivity contribution in [2.75, 3.05) is 5.32 Å². The van der Waals surface area contributed by atoms with Crippen molar-refractivity contribution in [3.8, 4) is 0 Å². The van der Waals surface area contributed by atoms with Crippen LogP contribution >= 0.6 is 0 Å². The minimum Gasteiger partial charge on any atom is -0.374 e. The van der Waals surface area contributed by atoms with Gasteiger partial charge < -0.3 is 5.32 Å². The fourth-order valence-electron chi connectivity index (χ4n) is 1.96. The molecule has 1 fully saturated rings. The van der Waals surface area contributed by atoms with Crippen molar-refractivity contribution < 1.29 is 8.42 Å². The number of benzene rings is 1. The Hall–Kier alpha value is -2.00. The zero-order valence-electron chi connectivity index (χ0n) is 11.4. The van der Waals surface area contributed by atoms with E-state index in [9.17, 15) is 8.42 Å². The highest BCUT2D eigenvalue weighted by molar-refractivity contribution is 7.89. The van der Waals surface area contributed by atoms with E-state index in [2.05, 4.69) is 30.7 Å². The smallest absolute Gasteiger partial charge is 0.242 e. The molecule has 0 amide bonds. The molecule has 1 unspecified atom stereocenters. The molecule has 3 rings (SSSR count). The van der Waals surface area contributed by atoms with Crippen molar-refractivity contribution in [3.63, 3.8) is 0 Å². The number of anilines is 1. The van der Waals surface area contributed by atoms with Gasteiger partial charge in [-0.25, -0.2) is 13.1 Å². The summed E-state index contributed by atoms with van der Waals surface area (Å²) in [6.07, 6.45) is 1.79. The Labute approximate surface area is 122 Å². The second kappa shape index (κ2) is 5.41. The van der Waals surface area contributed by atoms with Crippen LogP contribution in [0.4, 0.5) is 5.69 Å². The van der Waals surface area contributed by atoms with Crippen LogP contribution in [0, 0.1) is 0 Å². The van der Waals surface area contributed by atoms with E-state index in [1.807, 2.05) is 6.92 Å². The number of rotatable bonds is 6. The summed E-state index contributed by atoms with van der Waals surface area (Å²) in [5.41, 5.74) is 0.517. The largest absolute Gasteiger partial charge is 0.374 e. The third-order valence-electron chi connectivity index (χ3n) is 3.20. The Balaban J connectivity index is 1.85. The van der Waals surface area contributed by atoms with Crippen LogP contribution in [0.1, 0.15) is 31.6 Å². The van der Waals surface area contributed by atoms with E-state index in [0.29, 0.717) is 11.5 Å². The molecule has 1 atom stereocenters. The van der Waals surface area contributed by atoms with Crippen molar-refractivity contribution in [2.24, 2.45) is 0 Å². The first kappa shape index (κ1) is 14.0. The number of aromatic amines is 1. The summed E-state index contributed by atoms with van der Waals surface area (Å²) in [5, 5.41) is 16.8. The maximum Gasteiger partial charge on any atom is 0.242 e. The molecule has 112 valence electrons. The second-order valence-corrected chi connectivity index (χ2v) is 6.71. The number of nitrogens with zero attached hydrogens (tertiary/aromatic N) is 3. The predicted octanol–water partition coefficient (Wildman–Crippen LogP) is 0.813. The summed E-state index contributed by atoms with van der Waals surface area (Å²) >= 11 is 0. The van der Waals surface area contributed by atoms with E-state index in [1.54, 1.807) is 24.3 Å². The lowest BCUT2D eigenvalue weighted by molar-refractivity contribution is 0.581. The zero-order chi connectivity index (χ0) is 14.9. The topological polar surface area (TPSA) is 113 Å². The number of aromatic nitrogens is 4. The van der Waals surface area contributed by atoms with Gasteiger partial charge in [0.2, 0.25) is 10.0 Å². The maximum atomic E-state index is 12.4. The first-order chi connectivity index (χ1) is 10.1. The number of hydrogen-bond donors (Lipinski definition) is 3. The van der Waals surface area contributed by atoms with Crippen LogP contribution < -0.4 is 10.0 Å². The van der Waals surface area contributed by atoms with E-state index in [1.165, 1.54) is 0 Å². The summed E-state index contributed by atoms with van der Waals surface area (Å²) in [4.78, 5) is 0.229. The summed E-state index contributed by atoms with van der Waals surface area (Å²) in [5.74, 6) is 0.470. The van der Waals surface area contributed by atoms with Gasteiger partial charge in [0.05, 0.1) is 11.7 Å². The molecule has 1 aliphatic rings. The molecule has 1 aromatic heterocycles. The summed E-state index contributed by atoms with van der Waals surface area (Å²) < 4.78 is 27.4. The van der Waals surface area contributed by atoms with Gasteiger partial charge >= 0.3 is 0 Å². The number of para-hydroxylation sites is 1. The Morgan fingerprint density at radius 2 is 2.10 bits per heavy atom. The molecule has 8 nitrogen and oxygen atoms in total. The highest BCUT2D eigenvalue weighted by Crippen LogP contribution is 2.27. The molecule has 0 spiro atoms. The van der Waals surface area contributed by atoms with Crippen molar-refractivity contribution in [2.45, 2.75) is 36.7 Å². The monoisotopic (exact) mass is 308 g/mol. The summed E-state index contributed by atoms with van der Waals surface area (Å²) in [7, 11) is -3.52. The maximum absolute atomic E-state index is 12.4. The Bertz CT molecular complexity index is 711. The van der Waals surface area contributed by atoms with Crippen LogP contribution in [0.15, 0.2) is 29.2 Å². The highest BCUT2D eigenvalue weighted by atomic mass is 32.2. The van der Waals surface area contributed by atoms with Crippen LogP contribution in [0.2, 0.25) is 0 Å². The van der Waals surface area contributed by atoms with Gasteiger partial charge in [-0.3, -0.25) is 0 Å². The predicted molar refractivity (Wildman–Crippen MR) is 76.0 cm³/mol. The van der Waals surface area contributed by atoms with Crippen LogP contribution in [0.25, 0.3) is 0 Å². The van der Waals surface area contributed by atoms with E-state index >= 15 is 0 Å². The fraction of sp³-hybridized carbons (Fsp3) is 0.417. The first-order valence-corrected chi connectivity index (χ1v) is 8.16. The lowest BCUT2D eigenvalue weighted by Gasteiger charge is -2.16. The molecule has 0 aliphatic heterocycles. The molecule has 1 heterocycles. The molecule has 2 aromatic rings.